The number of hydrogen-bond donors (Lipinski definition) is 1. The Hall–Kier alpha value is -3.77. The van der Waals surface area contributed by atoms with Gasteiger partial charge in [-0.1, -0.05) is 42.5 Å². The normalized spacial score (nSPS) is 13.8. The van der Waals surface area contributed by atoms with Crippen LogP contribution in [0.25, 0.3) is 22.9 Å². The summed E-state index contributed by atoms with van der Waals surface area (Å²) < 4.78 is 5.87. The van der Waals surface area contributed by atoms with Crippen molar-refractivity contribution in [1.29, 1.82) is 0 Å². The Morgan fingerprint density at radius 2 is 1.56 bits per heavy atom. The smallest absolute Gasteiger partial charge is 0.251 e. The number of likely N-dealkylation sites (tertiary alicyclic amines) is 1. The molecule has 0 unspecified atom stereocenters. The van der Waals surface area contributed by atoms with Gasteiger partial charge < -0.3 is 9.73 Å². The van der Waals surface area contributed by atoms with Gasteiger partial charge in [0.2, 0.25) is 11.8 Å². The Bertz CT molecular complexity index is 1260. The summed E-state index contributed by atoms with van der Waals surface area (Å²) in [4.78, 5) is 15.1. The number of hydrogen-bond acceptors (Lipinski definition) is 5. The van der Waals surface area contributed by atoms with Crippen molar-refractivity contribution >= 4 is 5.91 Å². The predicted molar refractivity (Wildman–Crippen MR) is 132 cm³/mol. The van der Waals surface area contributed by atoms with Gasteiger partial charge in [-0.15, -0.1) is 10.2 Å². The molecule has 4 aromatic rings. The number of aromatic nitrogens is 2. The van der Waals surface area contributed by atoms with Crippen LogP contribution in [0.1, 0.15) is 39.9 Å². The molecule has 1 N–H and O–H groups in total. The van der Waals surface area contributed by atoms with Crippen LogP contribution < -0.4 is 5.32 Å². The third-order valence-electron chi connectivity index (χ3n) is 6.28. The van der Waals surface area contributed by atoms with Gasteiger partial charge in [0.15, 0.2) is 0 Å². The highest BCUT2D eigenvalue weighted by Gasteiger charge is 2.14. The molecular weight excluding hydrogens is 424 g/mol. The van der Waals surface area contributed by atoms with Crippen LogP contribution >= 0.6 is 0 Å². The second kappa shape index (κ2) is 10.0. The quantitative estimate of drug-likeness (QED) is 0.415. The molecule has 0 spiro atoms. The molecular formula is C28H28N4O2. The average Bonchev–Trinajstić information content (AvgIpc) is 3.56. The molecule has 1 aliphatic heterocycles. The Morgan fingerprint density at radius 1 is 0.882 bits per heavy atom. The summed E-state index contributed by atoms with van der Waals surface area (Å²) in [6, 6.07) is 23.6. The number of benzene rings is 3. The van der Waals surface area contributed by atoms with Gasteiger partial charge in [0.1, 0.15) is 0 Å². The monoisotopic (exact) mass is 452 g/mol. The molecule has 0 bridgehead atoms. The fourth-order valence-electron chi connectivity index (χ4n) is 4.27. The summed E-state index contributed by atoms with van der Waals surface area (Å²) in [7, 11) is 0. The van der Waals surface area contributed by atoms with E-state index in [2.05, 4.69) is 44.7 Å². The number of nitrogens with zero attached hydrogens (tertiary/aromatic N) is 3. The molecule has 6 nitrogen and oxygen atoms in total. The standard InChI is InChI=1S/C28H28N4O2/c1-20-6-2-3-7-25(20)28-31-30-27(34-28)24-14-12-23(13-15-24)26(33)29-18-21-8-10-22(11-9-21)19-32-16-4-5-17-32/h2-3,6-15H,4-5,16-19H2,1H3,(H,29,33). The van der Waals surface area contributed by atoms with Crippen LogP contribution in [0, 0.1) is 6.92 Å². The first-order valence-electron chi connectivity index (χ1n) is 11.7. The molecule has 34 heavy (non-hydrogen) atoms. The van der Waals surface area contributed by atoms with E-state index in [1.165, 1.54) is 31.5 Å². The van der Waals surface area contributed by atoms with Gasteiger partial charge in [-0.2, -0.15) is 0 Å². The summed E-state index contributed by atoms with van der Waals surface area (Å²) in [5.41, 5.74) is 5.77. The van der Waals surface area contributed by atoms with Crippen LogP contribution in [0.15, 0.2) is 77.2 Å². The van der Waals surface area contributed by atoms with Gasteiger partial charge in [-0.25, -0.2) is 0 Å². The van der Waals surface area contributed by atoms with Crippen LogP contribution in [0.2, 0.25) is 0 Å². The van der Waals surface area contributed by atoms with Crippen LogP contribution in [-0.4, -0.2) is 34.1 Å². The molecule has 1 aromatic heterocycles. The van der Waals surface area contributed by atoms with E-state index in [-0.39, 0.29) is 5.91 Å². The van der Waals surface area contributed by atoms with E-state index < -0.39 is 0 Å². The lowest BCUT2D eigenvalue weighted by Crippen LogP contribution is -2.22. The van der Waals surface area contributed by atoms with Crippen molar-refractivity contribution < 1.29 is 9.21 Å². The van der Waals surface area contributed by atoms with Crippen molar-refractivity contribution in [3.63, 3.8) is 0 Å². The molecule has 1 amide bonds. The summed E-state index contributed by atoms with van der Waals surface area (Å²) in [6.45, 7) is 5.89. The van der Waals surface area contributed by atoms with E-state index in [0.717, 1.165) is 28.8 Å². The zero-order chi connectivity index (χ0) is 23.3. The fraction of sp³-hybridized carbons (Fsp3) is 0.250. The minimum absolute atomic E-state index is 0.112. The molecule has 1 saturated heterocycles. The van der Waals surface area contributed by atoms with Crippen molar-refractivity contribution in [2.45, 2.75) is 32.9 Å². The molecule has 6 heteroatoms. The van der Waals surface area contributed by atoms with Gasteiger partial charge in [0.25, 0.3) is 5.91 Å². The van der Waals surface area contributed by atoms with E-state index in [1.54, 1.807) is 12.1 Å². The molecule has 3 aromatic carbocycles. The van der Waals surface area contributed by atoms with E-state index in [1.807, 2.05) is 43.3 Å². The minimum Gasteiger partial charge on any atom is -0.416 e. The van der Waals surface area contributed by atoms with E-state index >= 15 is 0 Å². The molecule has 1 aliphatic rings. The maximum Gasteiger partial charge on any atom is 0.251 e. The highest BCUT2D eigenvalue weighted by Crippen LogP contribution is 2.26. The number of carbonyl (C=O) groups is 1. The maximum absolute atomic E-state index is 12.6. The minimum atomic E-state index is -0.112. The zero-order valence-electron chi connectivity index (χ0n) is 19.3. The molecule has 2 heterocycles. The Morgan fingerprint density at radius 3 is 2.29 bits per heavy atom. The van der Waals surface area contributed by atoms with Crippen molar-refractivity contribution in [3.05, 3.63) is 95.1 Å². The molecule has 0 radical (unpaired) electrons. The van der Waals surface area contributed by atoms with Gasteiger partial charge >= 0.3 is 0 Å². The molecule has 1 fully saturated rings. The SMILES string of the molecule is Cc1ccccc1-c1nnc(-c2ccc(C(=O)NCc3ccc(CN4CCCC4)cc3)cc2)o1. The van der Waals surface area contributed by atoms with Crippen molar-refractivity contribution in [1.82, 2.24) is 20.4 Å². The molecule has 172 valence electrons. The Kier molecular flexibility index (Phi) is 6.49. The van der Waals surface area contributed by atoms with Crippen LogP contribution in [0.4, 0.5) is 0 Å². The van der Waals surface area contributed by atoms with Crippen molar-refractivity contribution in [3.8, 4) is 22.9 Å². The van der Waals surface area contributed by atoms with Gasteiger partial charge in [-0.3, -0.25) is 9.69 Å². The third kappa shape index (κ3) is 5.07. The van der Waals surface area contributed by atoms with Crippen molar-refractivity contribution in [2.24, 2.45) is 0 Å². The lowest BCUT2D eigenvalue weighted by Gasteiger charge is -2.14. The Balaban J connectivity index is 1.18. The number of aryl methyl sites for hydroxylation is 1. The molecule has 0 aliphatic carbocycles. The maximum atomic E-state index is 12.6. The highest BCUT2D eigenvalue weighted by atomic mass is 16.4. The number of rotatable bonds is 7. The summed E-state index contributed by atoms with van der Waals surface area (Å²) in [6.07, 6.45) is 2.60. The molecule has 5 rings (SSSR count). The lowest BCUT2D eigenvalue weighted by molar-refractivity contribution is 0.0951. The van der Waals surface area contributed by atoms with E-state index in [0.29, 0.717) is 23.9 Å². The molecule has 0 atom stereocenters. The summed E-state index contributed by atoms with van der Waals surface area (Å²) in [5, 5.41) is 11.4. The van der Waals surface area contributed by atoms with Crippen molar-refractivity contribution in [2.75, 3.05) is 13.1 Å². The zero-order valence-corrected chi connectivity index (χ0v) is 19.3. The molecule has 0 saturated carbocycles. The first-order valence-corrected chi connectivity index (χ1v) is 11.7. The number of amides is 1. The van der Waals surface area contributed by atoms with E-state index in [4.69, 9.17) is 4.42 Å². The topological polar surface area (TPSA) is 71.3 Å². The first kappa shape index (κ1) is 22.0. The van der Waals surface area contributed by atoms with Gasteiger partial charge in [0.05, 0.1) is 0 Å². The second-order valence-electron chi connectivity index (χ2n) is 8.79. The van der Waals surface area contributed by atoms with Gasteiger partial charge in [0, 0.05) is 29.8 Å². The predicted octanol–water partition coefficient (Wildman–Crippen LogP) is 5.24. The second-order valence-corrected chi connectivity index (χ2v) is 8.79. The third-order valence-corrected chi connectivity index (χ3v) is 6.28. The Labute approximate surface area is 199 Å². The number of carbonyl (C=O) groups excluding carboxylic acids is 1. The fourth-order valence-corrected chi connectivity index (χ4v) is 4.27. The lowest BCUT2D eigenvalue weighted by atomic mass is 10.1. The van der Waals surface area contributed by atoms with Crippen LogP contribution in [-0.2, 0) is 13.1 Å². The average molecular weight is 453 g/mol. The number of nitrogens with one attached hydrogen (secondary N) is 1. The summed E-state index contributed by atoms with van der Waals surface area (Å²) in [5.74, 6) is 0.805. The van der Waals surface area contributed by atoms with E-state index in [9.17, 15) is 4.79 Å². The van der Waals surface area contributed by atoms with Crippen LogP contribution in [0.3, 0.4) is 0 Å². The highest BCUT2D eigenvalue weighted by molar-refractivity contribution is 5.94. The van der Waals surface area contributed by atoms with Gasteiger partial charge in [-0.05, 0) is 79.9 Å². The van der Waals surface area contributed by atoms with Crippen LogP contribution in [0.5, 0.6) is 0 Å². The summed E-state index contributed by atoms with van der Waals surface area (Å²) >= 11 is 0. The largest absolute Gasteiger partial charge is 0.416 e. The first-order chi connectivity index (χ1) is 16.7.